The second-order valence-electron chi connectivity index (χ2n) is 7.78. The smallest absolute Gasteiger partial charge is 0.261 e. The van der Waals surface area contributed by atoms with Crippen LogP contribution in [0.15, 0.2) is 83.7 Å². The van der Waals surface area contributed by atoms with Crippen LogP contribution in [0.25, 0.3) is 16.9 Å². The minimum atomic E-state index is -0.452. The molecule has 1 amide bonds. The summed E-state index contributed by atoms with van der Waals surface area (Å²) in [5.74, 6) is -0.452. The summed E-state index contributed by atoms with van der Waals surface area (Å²) in [7, 11) is 0. The molecule has 160 valence electrons. The number of carbonyl (C=O) groups is 1. The van der Waals surface area contributed by atoms with Gasteiger partial charge in [0.15, 0.2) is 5.43 Å². The molecule has 3 aromatic carbocycles. The Kier molecular flexibility index (Phi) is 5.97. The molecule has 0 fully saturated rings. The SMILES string of the molecule is Cc1cccc(C)c1NC(=O)c1c(-c2cccc(Cl)c2)n(-c2ccccc2)c(C)cc1=O. The number of aryl methyl sites for hydroxylation is 3. The molecule has 0 aliphatic rings. The zero-order chi connectivity index (χ0) is 22.8. The average Bonchev–Trinajstić information content (AvgIpc) is 2.76. The van der Waals surface area contributed by atoms with Crippen LogP contribution in [0.5, 0.6) is 0 Å². The molecule has 0 radical (unpaired) electrons. The van der Waals surface area contributed by atoms with Crippen molar-refractivity contribution in [3.05, 3.63) is 116 Å². The van der Waals surface area contributed by atoms with E-state index in [9.17, 15) is 9.59 Å². The molecule has 0 aliphatic carbocycles. The topological polar surface area (TPSA) is 51.1 Å². The number of halogens is 1. The summed E-state index contributed by atoms with van der Waals surface area (Å²) in [6.45, 7) is 5.71. The Labute approximate surface area is 192 Å². The monoisotopic (exact) mass is 442 g/mol. The molecule has 5 heteroatoms. The number of hydrogen-bond acceptors (Lipinski definition) is 2. The predicted molar refractivity (Wildman–Crippen MR) is 131 cm³/mol. The van der Waals surface area contributed by atoms with Crippen LogP contribution in [0, 0.1) is 20.8 Å². The van der Waals surface area contributed by atoms with E-state index in [0.717, 1.165) is 22.5 Å². The van der Waals surface area contributed by atoms with E-state index in [0.29, 0.717) is 22.0 Å². The Morgan fingerprint density at radius 3 is 2.16 bits per heavy atom. The van der Waals surface area contributed by atoms with Crippen LogP contribution >= 0.6 is 11.6 Å². The van der Waals surface area contributed by atoms with E-state index in [-0.39, 0.29) is 11.0 Å². The summed E-state index contributed by atoms with van der Waals surface area (Å²) in [6.07, 6.45) is 0. The number of benzene rings is 3. The van der Waals surface area contributed by atoms with Crippen molar-refractivity contribution in [1.29, 1.82) is 0 Å². The lowest BCUT2D eigenvalue weighted by atomic mass is 10.0. The highest BCUT2D eigenvalue weighted by molar-refractivity contribution is 6.30. The number of para-hydroxylation sites is 2. The van der Waals surface area contributed by atoms with Gasteiger partial charge in [-0.3, -0.25) is 9.59 Å². The van der Waals surface area contributed by atoms with E-state index >= 15 is 0 Å². The minimum Gasteiger partial charge on any atom is -0.321 e. The number of nitrogens with one attached hydrogen (secondary N) is 1. The van der Waals surface area contributed by atoms with E-state index in [2.05, 4.69) is 5.32 Å². The maximum absolute atomic E-state index is 13.6. The molecule has 0 unspecified atom stereocenters. The fourth-order valence-corrected chi connectivity index (χ4v) is 4.15. The number of hydrogen-bond donors (Lipinski definition) is 1. The van der Waals surface area contributed by atoms with E-state index in [4.69, 9.17) is 11.6 Å². The van der Waals surface area contributed by atoms with Crippen molar-refractivity contribution in [2.24, 2.45) is 0 Å². The molecule has 4 aromatic rings. The largest absolute Gasteiger partial charge is 0.321 e. The Morgan fingerprint density at radius 1 is 0.844 bits per heavy atom. The summed E-state index contributed by atoms with van der Waals surface area (Å²) in [5.41, 5.74) is 5.07. The lowest BCUT2D eigenvalue weighted by Gasteiger charge is -2.21. The van der Waals surface area contributed by atoms with Gasteiger partial charge in [-0.2, -0.15) is 0 Å². The zero-order valence-corrected chi connectivity index (χ0v) is 18.9. The average molecular weight is 443 g/mol. The van der Waals surface area contributed by atoms with Gasteiger partial charge >= 0.3 is 0 Å². The van der Waals surface area contributed by atoms with Crippen molar-refractivity contribution < 1.29 is 4.79 Å². The van der Waals surface area contributed by atoms with Gasteiger partial charge in [-0.15, -0.1) is 0 Å². The van der Waals surface area contributed by atoms with Crippen molar-refractivity contribution in [3.8, 4) is 16.9 Å². The van der Waals surface area contributed by atoms with Crippen molar-refractivity contribution in [3.63, 3.8) is 0 Å². The summed E-state index contributed by atoms with van der Waals surface area (Å²) >= 11 is 6.29. The number of aromatic nitrogens is 1. The molecule has 0 saturated heterocycles. The first-order valence-electron chi connectivity index (χ1n) is 10.3. The van der Waals surface area contributed by atoms with Gasteiger partial charge in [0.1, 0.15) is 5.56 Å². The van der Waals surface area contributed by atoms with Gasteiger partial charge < -0.3 is 9.88 Å². The number of amides is 1. The van der Waals surface area contributed by atoms with Gasteiger partial charge in [-0.1, -0.05) is 60.1 Å². The third-order valence-corrected chi connectivity index (χ3v) is 5.69. The number of pyridine rings is 1. The Balaban J connectivity index is 2.00. The maximum Gasteiger partial charge on any atom is 0.261 e. The molecular weight excluding hydrogens is 420 g/mol. The molecule has 0 aliphatic heterocycles. The Bertz CT molecular complexity index is 1350. The van der Waals surface area contributed by atoms with Crippen molar-refractivity contribution >= 4 is 23.2 Å². The van der Waals surface area contributed by atoms with Crippen LogP contribution in [-0.4, -0.2) is 10.5 Å². The molecular formula is C27H23ClN2O2. The molecule has 0 saturated carbocycles. The summed E-state index contributed by atoms with van der Waals surface area (Å²) in [6, 6.07) is 24.2. The third kappa shape index (κ3) is 4.10. The fourth-order valence-electron chi connectivity index (χ4n) is 3.96. The van der Waals surface area contributed by atoms with Crippen molar-refractivity contribution in [1.82, 2.24) is 4.57 Å². The molecule has 0 atom stereocenters. The fraction of sp³-hybridized carbons (Fsp3) is 0.111. The van der Waals surface area contributed by atoms with E-state index < -0.39 is 5.91 Å². The van der Waals surface area contributed by atoms with Gasteiger partial charge in [0.05, 0.1) is 5.69 Å². The first-order chi connectivity index (χ1) is 15.4. The number of nitrogens with zero attached hydrogens (tertiary/aromatic N) is 1. The summed E-state index contributed by atoms with van der Waals surface area (Å²) in [4.78, 5) is 26.8. The summed E-state index contributed by atoms with van der Waals surface area (Å²) < 4.78 is 1.92. The lowest BCUT2D eigenvalue weighted by molar-refractivity contribution is 0.102. The number of carbonyl (C=O) groups excluding carboxylic acids is 1. The van der Waals surface area contributed by atoms with Crippen LogP contribution in [0.2, 0.25) is 5.02 Å². The standard InChI is InChI=1S/C27H23ClN2O2/c1-17-9-7-10-18(2)25(17)29-27(32)24-23(31)15-19(3)30(22-13-5-4-6-14-22)26(24)20-11-8-12-21(28)16-20/h4-16H,1-3H3,(H,29,32). The van der Waals surface area contributed by atoms with Crippen LogP contribution in [0.3, 0.4) is 0 Å². The lowest BCUT2D eigenvalue weighted by Crippen LogP contribution is -2.26. The van der Waals surface area contributed by atoms with Crippen LogP contribution in [-0.2, 0) is 0 Å². The normalized spacial score (nSPS) is 10.8. The Hall–Kier alpha value is -3.63. The van der Waals surface area contributed by atoms with E-state index in [1.54, 1.807) is 12.1 Å². The minimum absolute atomic E-state index is 0.0735. The highest BCUT2D eigenvalue weighted by atomic mass is 35.5. The highest BCUT2D eigenvalue weighted by Crippen LogP contribution is 2.30. The second-order valence-corrected chi connectivity index (χ2v) is 8.21. The number of anilines is 1. The van der Waals surface area contributed by atoms with Crippen LogP contribution < -0.4 is 10.7 Å². The first-order valence-corrected chi connectivity index (χ1v) is 10.7. The molecule has 32 heavy (non-hydrogen) atoms. The molecule has 1 N–H and O–H groups in total. The molecule has 4 rings (SSSR count). The first kappa shape index (κ1) is 21.6. The van der Waals surface area contributed by atoms with Crippen molar-refractivity contribution in [2.45, 2.75) is 20.8 Å². The molecule has 0 spiro atoms. The molecule has 0 bridgehead atoms. The predicted octanol–water partition coefficient (Wildman–Crippen LogP) is 6.34. The number of rotatable bonds is 4. The van der Waals surface area contributed by atoms with Gasteiger partial charge in [0.2, 0.25) is 0 Å². The van der Waals surface area contributed by atoms with Gasteiger partial charge in [-0.25, -0.2) is 0 Å². The van der Waals surface area contributed by atoms with Crippen molar-refractivity contribution in [2.75, 3.05) is 5.32 Å². The zero-order valence-electron chi connectivity index (χ0n) is 18.1. The highest BCUT2D eigenvalue weighted by Gasteiger charge is 2.23. The maximum atomic E-state index is 13.6. The van der Waals surface area contributed by atoms with E-state index in [1.807, 2.05) is 86.0 Å². The summed E-state index contributed by atoms with van der Waals surface area (Å²) in [5, 5.41) is 3.50. The van der Waals surface area contributed by atoms with E-state index in [1.165, 1.54) is 6.07 Å². The molecule has 1 heterocycles. The second kappa shape index (κ2) is 8.85. The van der Waals surface area contributed by atoms with Gasteiger partial charge in [-0.05, 0) is 56.2 Å². The molecule has 1 aromatic heterocycles. The van der Waals surface area contributed by atoms with Crippen LogP contribution in [0.4, 0.5) is 5.69 Å². The third-order valence-electron chi connectivity index (χ3n) is 5.46. The van der Waals surface area contributed by atoms with Gasteiger partial charge in [0, 0.05) is 33.7 Å². The Morgan fingerprint density at radius 2 is 1.50 bits per heavy atom. The quantitative estimate of drug-likeness (QED) is 0.401. The molecule has 4 nitrogen and oxygen atoms in total. The van der Waals surface area contributed by atoms with Gasteiger partial charge in [0.25, 0.3) is 5.91 Å². The van der Waals surface area contributed by atoms with Crippen LogP contribution in [0.1, 0.15) is 27.2 Å².